The van der Waals surface area contributed by atoms with Crippen molar-refractivity contribution in [2.24, 2.45) is 5.73 Å². The second kappa shape index (κ2) is 5.61. The number of hydrogen-bond donors (Lipinski definition) is 1. The van der Waals surface area contributed by atoms with E-state index in [9.17, 15) is 4.79 Å². The summed E-state index contributed by atoms with van der Waals surface area (Å²) in [4.78, 5) is 10.6. The number of halogens is 1. The molecule has 0 fully saturated rings. The predicted octanol–water partition coefficient (Wildman–Crippen LogP) is 2.81. The topological polar surface area (TPSA) is 52.3 Å². The van der Waals surface area contributed by atoms with E-state index in [0.717, 1.165) is 25.7 Å². The molecule has 0 heterocycles. The highest BCUT2D eigenvalue weighted by molar-refractivity contribution is 14.1. The van der Waals surface area contributed by atoms with Crippen molar-refractivity contribution >= 4 is 28.7 Å². The van der Waals surface area contributed by atoms with Crippen LogP contribution in [-0.2, 0) is 4.74 Å². The number of carbonyl (C=O) groups excluding carboxylic acids is 1. The summed E-state index contributed by atoms with van der Waals surface area (Å²) in [5.74, 6) is 0. The summed E-state index contributed by atoms with van der Waals surface area (Å²) >= 11 is 2.17. The van der Waals surface area contributed by atoms with Crippen LogP contribution in [0.25, 0.3) is 0 Å². The molecule has 0 radical (unpaired) electrons. The average molecular weight is 285 g/mol. The van der Waals surface area contributed by atoms with Crippen LogP contribution in [0.15, 0.2) is 0 Å². The van der Waals surface area contributed by atoms with Gasteiger partial charge in [-0.25, -0.2) is 4.79 Å². The zero-order chi connectivity index (χ0) is 9.61. The van der Waals surface area contributed by atoms with Gasteiger partial charge in [-0.15, -0.1) is 0 Å². The maximum Gasteiger partial charge on any atom is 0.405 e. The number of rotatable bonds is 5. The standard InChI is InChI=1S/C8H16INO2/c1-3-5-8(9,6-4-2)12-7(10)11/h3-6H2,1-2H3,(H2,10,11). The molecule has 12 heavy (non-hydrogen) atoms. The van der Waals surface area contributed by atoms with Gasteiger partial charge in [0, 0.05) is 0 Å². The third kappa shape index (κ3) is 4.79. The normalized spacial score (nSPS) is 11.2. The molecule has 1 amide bonds. The molecule has 2 N–H and O–H groups in total. The highest BCUT2D eigenvalue weighted by atomic mass is 127. The lowest BCUT2D eigenvalue weighted by atomic mass is 10.1. The fourth-order valence-corrected chi connectivity index (χ4v) is 2.45. The van der Waals surface area contributed by atoms with Gasteiger partial charge in [-0.3, -0.25) is 0 Å². The van der Waals surface area contributed by atoms with Gasteiger partial charge in [0.2, 0.25) is 0 Å². The van der Waals surface area contributed by atoms with Gasteiger partial charge < -0.3 is 10.5 Å². The van der Waals surface area contributed by atoms with E-state index in [0.29, 0.717) is 0 Å². The van der Waals surface area contributed by atoms with Gasteiger partial charge in [-0.1, -0.05) is 26.7 Å². The van der Waals surface area contributed by atoms with E-state index in [1.54, 1.807) is 0 Å². The Labute approximate surface area is 87.2 Å². The Morgan fingerprint density at radius 1 is 1.42 bits per heavy atom. The first-order valence-electron chi connectivity index (χ1n) is 4.21. The maximum absolute atomic E-state index is 10.6. The zero-order valence-corrected chi connectivity index (χ0v) is 9.76. The van der Waals surface area contributed by atoms with E-state index in [-0.39, 0.29) is 3.61 Å². The van der Waals surface area contributed by atoms with E-state index >= 15 is 0 Å². The van der Waals surface area contributed by atoms with Crippen LogP contribution in [0.1, 0.15) is 39.5 Å². The highest BCUT2D eigenvalue weighted by Crippen LogP contribution is 2.31. The quantitative estimate of drug-likeness (QED) is 0.623. The van der Waals surface area contributed by atoms with Crippen LogP contribution in [0.5, 0.6) is 0 Å². The number of carbonyl (C=O) groups is 1. The molecule has 3 nitrogen and oxygen atoms in total. The highest BCUT2D eigenvalue weighted by Gasteiger charge is 2.27. The summed E-state index contributed by atoms with van der Waals surface area (Å²) in [5, 5.41) is 0. The summed E-state index contributed by atoms with van der Waals surface area (Å²) in [6.45, 7) is 4.13. The number of primary amides is 1. The molecule has 0 saturated carbocycles. The third-order valence-corrected chi connectivity index (χ3v) is 2.83. The second-order valence-corrected chi connectivity index (χ2v) is 4.77. The number of ether oxygens (including phenoxy) is 1. The van der Waals surface area contributed by atoms with Crippen LogP contribution >= 0.6 is 22.6 Å². The average Bonchev–Trinajstić information content (AvgIpc) is 1.85. The lowest BCUT2D eigenvalue weighted by molar-refractivity contribution is 0.0835. The number of alkyl halides is 1. The zero-order valence-electron chi connectivity index (χ0n) is 7.60. The van der Waals surface area contributed by atoms with Gasteiger partial charge in [0.05, 0.1) is 0 Å². The molecule has 0 rings (SSSR count). The van der Waals surface area contributed by atoms with Gasteiger partial charge in [-0.2, -0.15) is 0 Å². The molecule has 0 aliphatic carbocycles. The molecule has 0 aromatic heterocycles. The summed E-state index contributed by atoms with van der Waals surface area (Å²) in [6.07, 6.45) is 3.05. The smallest absolute Gasteiger partial charge is 0.405 e. The Hall–Kier alpha value is 0. The fourth-order valence-electron chi connectivity index (χ4n) is 1.15. The van der Waals surface area contributed by atoms with Crippen molar-refractivity contribution < 1.29 is 9.53 Å². The number of nitrogens with two attached hydrogens (primary N) is 1. The summed E-state index contributed by atoms with van der Waals surface area (Å²) in [6, 6.07) is 0. The van der Waals surface area contributed by atoms with E-state index < -0.39 is 6.09 Å². The van der Waals surface area contributed by atoms with Crippen molar-refractivity contribution in [2.45, 2.75) is 43.1 Å². The first kappa shape index (κ1) is 12.0. The van der Waals surface area contributed by atoms with Crippen molar-refractivity contribution in [3.63, 3.8) is 0 Å². The van der Waals surface area contributed by atoms with Crippen molar-refractivity contribution in [3.05, 3.63) is 0 Å². The van der Waals surface area contributed by atoms with Gasteiger partial charge in [0.15, 0.2) is 3.61 Å². The Balaban J connectivity index is 4.07. The number of hydrogen-bond acceptors (Lipinski definition) is 2. The molecule has 0 aliphatic heterocycles. The van der Waals surface area contributed by atoms with Crippen LogP contribution in [0, 0.1) is 0 Å². The van der Waals surface area contributed by atoms with Crippen molar-refractivity contribution in [2.75, 3.05) is 0 Å². The van der Waals surface area contributed by atoms with Crippen LogP contribution in [0.3, 0.4) is 0 Å². The minimum absolute atomic E-state index is 0.382. The Kier molecular flexibility index (Phi) is 5.61. The molecule has 0 unspecified atom stereocenters. The molecule has 4 heteroatoms. The fraction of sp³-hybridized carbons (Fsp3) is 0.875. The molecule has 0 bridgehead atoms. The van der Waals surface area contributed by atoms with Gasteiger partial charge in [0.1, 0.15) is 0 Å². The first-order chi connectivity index (χ1) is 5.54. The monoisotopic (exact) mass is 285 g/mol. The van der Waals surface area contributed by atoms with Crippen LogP contribution in [0.2, 0.25) is 0 Å². The van der Waals surface area contributed by atoms with E-state index in [1.807, 2.05) is 0 Å². The second-order valence-electron chi connectivity index (χ2n) is 2.80. The lowest BCUT2D eigenvalue weighted by Gasteiger charge is -2.25. The van der Waals surface area contributed by atoms with Crippen molar-refractivity contribution in [1.29, 1.82) is 0 Å². The maximum atomic E-state index is 10.6. The molecule has 0 aliphatic rings. The first-order valence-corrected chi connectivity index (χ1v) is 5.29. The molecule has 72 valence electrons. The largest absolute Gasteiger partial charge is 0.432 e. The van der Waals surface area contributed by atoms with Crippen LogP contribution in [0.4, 0.5) is 4.79 Å². The molecule has 0 saturated heterocycles. The summed E-state index contributed by atoms with van der Waals surface area (Å²) in [5.41, 5.74) is 4.97. The minimum atomic E-state index is -0.675. The number of amides is 1. The molecule has 0 atom stereocenters. The van der Waals surface area contributed by atoms with Crippen molar-refractivity contribution in [1.82, 2.24) is 0 Å². The molecule has 0 aromatic carbocycles. The van der Waals surface area contributed by atoms with E-state index in [4.69, 9.17) is 10.5 Å². The van der Waals surface area contributed by atoms with Gasteiger partial charge in [0.25, 0.3) is 0 Å². The van der Waals surface area contributed by atoms with Crippen LogP contribution < -0.4 is 5.73 Å². The third-order valence-electron chi connectivity index (χ3n) is 1.53. The predicted molar refractivity (Wildman–Crippen MR) is 57.2 cm³/mol. The Morgan fingerprint density at radius 3 is 2.08 bits per heavy atom. The van der Waals surface area contributed by atoms with Crippen LogP contribution in [-0.4, -0.2) is 9.70 Å². The lowest BCUT2D eigenvalue weighted by Crippen LogP contribution is -2.30. The molecular formula is C8H16INO2. The summed E-state index contributed by atoms with van der Waals surface area (Å²) in [7, 11) is 0. The van der Waals surface area contributed by atoms with E-state index in [1.165, 1.54) is 0 Å². The van der Waals surface area contributed by atoms with Crippen molar-refractivity contribution in [3.8, 4) is 0 Å². The molecular weight excluding hydrogens is 269 g/mol. The molecule has 0 aromatic rings. The Morgan fingerprint density at radius 2 is 1.83 bits per heavy atom. The van der Waals surface area contributed by atoms with Gasteiger partial charge in [-0.05, 0) is 35.4 Å². The minimum Gasteiger partial charge on any atom is -0.432 e. The SMILES string of the molecule is CCCC(I)(CCC)OC(N)=O. The van der Waals surface area contributed by atoms with Gasteiger partial charge >= 0.3 is 6.09 Å². The Bertz CT molecular complexity index is 144. The molecule has 0 spiro atoms. The summed E-state index contributed by atoms with van der Waals surface area (Å²) < 4.78 is 4.66. The van der Waals surface area contributed by atoms with E-state index in [2.05, 4.69) is 36.4 Å².